The number of carboxylic acid groups (broad SMARTS) is 1. The fourth-order valence-electron chi connectivity index (χ4n) is 2.55. The smallest absolute Gasteiger partial charge is 0.408 e. The van der Waals surface area contributed by atoms with Crippen molar-refractivity contribution in [2.24, 2.45) is 0 Å². The molecular weight excluding hydrogens is 384 g/mol. The van der Waals surface area contributed by atoms with E-state index in [1.165, 1.54) is 11.2 Å². The largest absolute Gasteiger partial charge is 0.465 e. The number of aromatic nitrogens is 3. The third-order valence-electron chi connectivity index (χ3n) is 3.49. The van der Waals surface area contributed by atoms with Gasteiger partial charge in [-0.2, -0.15) is 0 Å². The van der Waals surface area contributed by atoms with Crippen molar-refractivity contribution in [3.8, 4) is 0 Å². The molecular formula is C15H18BrClN4O2. The minimum absolute atomic E-state index is 0.357. The zero-order valence-corrected chi connectivity index (χ0v) is 15.5. The van der Waals surface area contributed by atoms with Gasteiger partial charge in [-0.15, -0.1) is 6.58 Å². The lowest BCUT2D eigenvalue weighted by atomic mass is 10.0. The van der Waals surface area contributed by atoms with Gasteiger partial charge in [0.1, 0.15) is 17.1 Å². The Bertz CT molecular complexity index is 754. The molecule has 124 valence electrons. The van der Waals surface area contributed by atoms with Crippen LogP contribution < -0.4 is 0 Å². The van der Waals surface area contributed by atoms with Crippen LogP contribution in [0.5, 0.6) is 0 Å². The minimum atomic E-state index is -0.998. The second kappa shape index (κ2) is 6.49. The number of carbonyl (C=O) groups is 1. The molecule has 0 radical (unpaired) electrons. The van der Waals surface area contributed by atoms with E-state index in [2.05, 4.69) is 32.5 Å². The van der Waals surface area contributed by atoms with E-state index in [0.29, 0.717) is 22.7 Å². The maximum atomic E-state index is 11.7. The summed E-state index contributed by atoms with van der Waals surface area (Å²) in [4.78, 5) is 21.3. The second-order valence-corrected chi connectivity index (χ2v) is 7.28. The van der Waals surface area contributed by atoms with Crippen LogP contribution >= 0.6 is 27.5 Å². The topological polar surface area (TPSA) is 71.2 Å². The molecule has 2 aromatic rings. The predicted octanol–water partition coefficient (Wildman–Crippen LogP) is 4.18. The summed E-state index contributed by atoms with van der Waals surface area (Å²) in [6.45, 7) is 9.70. The highest BCUT2D eigenvalue weighted by molar-refractivity contribution is 9.10. The van der Waals surface area contributed by atoms with Crippen LogP contribution in [0, 0.1) is 0 Å². The van der Waals surface area contributed by atoms with Crippen molar-refractivity contribution in [3.63, 3.8) is 0 Å². The Labute approximate surface area is 147 Å². The van der Waals surface area contributed by atoms with Crippen molar-refractivity contribution in [2.75, 3.05) is 0 Å². The van der Waals surface area contributed by atoms with Crippen molar-refractivity contribution >= 4 is 44.7 Å². The first-order chi connectivity index (χ1) is 10.7. The average Bonchev–Trinajstić information content (AvgIpc) is 2.74. The van der Waals surface area contributed by atoms with E-state index >= 15 is 0 Å². The Kier molecular flexibility index (Phi) is 5.01. The van der Waals surface area contributed by atoms with Crippen LogP contribution in [0.4, 0.5) is 4.79 Å². The van der Waals surface area contributed by atoms with Crippen molar-refractivity contribution in [1.82, 2.24) is 19.4 Å². The molecule has 6 nitrogen and oxygen atoms in total. The van der Waals surface area contributed by atoms with E-state index in [0.717, 1.165) is 4.60 Å². The molecule has 0 aliphatic rings. The van der Waals surface area contributed by atoms with Gasteiger partial charge in [-0.25, -0.2) is 14.8 Å². The molecule has 23 heavy (non-hydrogen) atoms. The van der Waals surface area contributed by atoms with Gasteiger partial charge >= 0.3 is 6.09 Å². The Balaban J connectivity index is 2.47. The summed E-state index contributed by atoms with van der Waals surface area (Å²) >= 11 is 9.56. The quantitative estimate of drug-likeness (QED) is 0.616. The van der Waals surface area contributed by atoms with Gasteiger partial charge in [0, 0.05) is 12.1 Å². The van der Waals surface area contributed by atoms with Gasteiger partial charge in [0.25, 0.3) is 0 Å². The fourth-order valence-corrected chi connectivity index (χ4v) is 3.28. The van der Waals surface area contributed by atoms with Crippen molar-refractivity contribution in [3.05, 3.63) is 34.8 Å². The Morgan fingerprint density at radius 2 is 2.22 bits per heavy atom. The number of hydrogen-bond donors (Lipinski definition) is 1. The van der Waals surface area contributed by atoms with Gasteiger partial charge in [-0.05, 0) is 42.8 Å². The lowest BCUT2D eigenvalue weighted by Crippen LogP contribution is -2.51. The van der Waals surface area contributed by atoms with Crippen LogP contribution in [0.25, 0.3) is 11.0 Å². The van der Waals surface area contributed by atoms with Crippen LogP contribution in [-0.2, 0) is 6.54 Å². The van der Waals surface area contributed by atoms with Crippen LogP contribution in [0.3, 0.4) is 0 Å². The van der Waals surface area contributed by atoms with Gasteiger partial charge in [-0.1, -0.05) is 17.7 Å². The average molecular weight is 402 g/mol. The lowest BCUT2D eigenvalue weighted by Gasteiger charge is -2.38. The van der Waals surface area contributed by atoms with E-state index in [4.69, 9.17) is 11.6 Å². The van der Waals surface area contributed by atoms with E-state index in [9.17, 15) is 9.90 Å². The minimum Gasteiger partial charge on any atom is -0.465 e. The SMILES string of the molecule is C=C[C@@H](Cn1c(Br)cc2c(Cl)ncnc21)N(C(=O)O)C(C)(C)C. The molecule has 2 heterocycles. The first-order valence-electron chi connectivity index (χ1n) is 6.97. The Morgan fingerprint density at radius 3 is 2.74 bits per heavy atom. The molecule has 0 unspecified atom stereocenters. The first kappa shape index (κ1) is 17.7. The molecule has 2 aromatic heterocycles. The molecule has 1 N–H and O–H groups in total. The summed E-state index contributed by atoms with van der Waals surface area (Å²) in [5, 5.41) is 10.6. The molecule has 1 amide bonds. The Morgan fingerprint density at radius 1 is 1.57 bits per heavy atom. The predicted molar refractivity (Wildman–Crippen MR) is 93.8 cm³/mol. The van der Waals surface area contributed by atoms with E-state index in [-0.39, 0.29) is 0 Å². The highest BCUT2D eigenvalue weighted by atomic mass is 79.9. The molecule has 0 spiro atoms. The van der Waals surface area contributed by atoms with Gasteiger partial charge in [0.2, 0.25) is 0 Å². The highest BCUT2D eigenvalue weighted by Gasteiger charge is 2.32. The molecule has 0 aliphatic carbocycles. The number of fused-ring (bicyclic) bond motifs is 1. The summed E-state index contributed by atoms with van der Waals surface area (Å²) in [5.41, 5.74) is 0.0789. The van der Waals surface area contributed by atoms with E-state index in [1.807, 2.05) is 31.4 Å². The summed E-state index contributed by atoms with van der Waals surface area (Å²) in [6.07, 6.45) is 2.01. The number of halogens is 2. The zero-order chi connectivity index (χ0) is 17.4. The maximum absolute atomic E-state index is 11.7. The molecule has 0 saturated carbocycles. The zero-order valence-electron chi connectivity index (χ0n) is 13.1. The molecule has 0 saturated heterocycles. The third kappa shape index (κ3) is 3.50. The van der Waals surface area contributed by atoms with Gasteiger partial charge < -0.3 is 9.67 Å². The second-order valence-electron chi connectivity index (χ2n) is 6.11. The first-order valence-corrected chi connectivity index (χ1v) is 8.14. The maximum Gasteiger partial charge on any atom is 0.408 e. The lowest BCUT2D eigenvalue weighted by molar-refractivity contribution is 0.0786. The van der Waals surface area contributed by atoms with Gasteiger partial charge in [-0.3, -0.25) is 4.90 Å². The molecule has 0 bridgehead atoms. The molecule has 0 aromatic carbocycles. The normalized spacial score (nSPS) is 13.1. The van der Waals surface area contributed by atoms with E-state index in [1.54, 1.807) is 6.08 Å². The molecule has 2 rings (SSSR count). The van der Waals surface area contributed by atoms with Crippen molar-refractivity contribution < 1.29 is 9.90 Å². The van der Waals surface area contributed by atoms with Crippen LogP contribution in [0.15, 0.2) is 29.7 Å². The standard InChI is InChI=1S/C15H18BrClN4O2/c1-5-9(21(14(22)23)15(2,3)4)7-20-11(16)6-10-12(17)18-8-19-13(10)20/h5-6,8-9H,1,7H2,2-4H3,(H,22,23)/t9-/m0/s1. The number of hydrogen-bond acceptors (Lipinski definition) is 3. The van der Waals surface area contributed by atoms with Crippen LogP contribution in [0.1, 0.15) is 20.8 Å². The number of amides is 1. The third-order valence-corrected chi connectivity index (χ3v) is 4.45. The molecule has 1 atom stereocenters. The summed E-state index contributed by atoms with van der Waals surface area (Å²) in [5.74, 6) is 0. The van der Waals surface area contributed by atoms with Crippen molar-refractivity contribution in [2.45, 2.75) is 38.9 Å². The number of rotatable bonds is 4. The van der Waals surface area contributed by atoms with Gasteiger partial charge in [0.05, 0.1) is 16.0 Å². The Hall–Kier alpha value is -1.60. The van der Waals surface area contributed by atoms with E-state index < -0.39 is 17.7 Å². The molecule has 8 heteroatoms. The highest BCUT2D eigenvalue weighted by Crippen LogP contribution is 2.28. The summed E-state index contributed by atoms with van der Waals surface area (Å²) < 4.78 is 2.61. The summed E-state index contributed by atoms with van der Waals surface area (Å²) in [6, 6.07) is 1.40. The van der Waals surface area contributed by atoms with Crippen LogP contribution in [-0.4, -0.2) is 42.2 Å². The molecule has 0 aliphatic heterocycles. The molecule has 0 fully saturated rings. The fraction of sp³-hybridized carbons (Fsp3) is 0.400. The van der Waals surface area contributed by atoms with Crippen molar-refractivity contribution in [1.29, 1.82) is 0 Å². The monoisotopic (exact) mass is 400 g/mol. The number of nitrogens with zero attached hydrogens (tertiary/aromatic N) is 4. The summed E-state index contributed by atoms with van der Waals surface area (Å²) in [7, 11) is 0. The van der Waals surface area contributed by atoms with Crippen LogP contribution in [0.2, 0.25) is 5.15 Å². The van der Waals surface area contributed by atoms with Gasteiger partial charge in [0.15, 0.2) is 0 Å².